The molecule has 4 rings (SSSR count). The normalized spacial score (nSPS) is 15.0. The third-order valence-corrected chi connectivity index (χ3v) is 6.91. The van der Waals surface area contributed by atoms with Gasteiger partial charge in [-0.1, -0.05) is 50.2 Å². The molecule has 0 aliphatic carbocycles. The number of benzene rings is 3. The number of carbonyl (C=O) groups is 1. The van der Waals surface area contributed by atoms with Gasteiger partial charge in [-0.25, -0.2) is 0 Å². The van der Waals surface area contributed by atoms with E-state index in [2.05, 4.69) is 24.1 Å². The summed E-state index contributed by atoms with van der Waals surface area (Å²) in [5.41, 5.74) is 5.52. The predicted octanol–water partition coefficient (Wildman–Crippen LogP) is 5.94. The molecular weight excluding hydrogens is 438 g/mol. The molecule has 1 aliphatic rings. The summed E-state index contributed by atoms with van der Waals surface area (Å²) in [6.07, 6.45) is 3.91. The second kappa shape index (κ2) is 10.7. The van der Waals surface area contributed by atoms with E-state index < -0.39 is 0 Å². The Labute approximate surface area is 207 Å². The highest BCUT2D eigenvalue weighted by molar-refractivity contribution is 5.94. The van der Waals surface area contributed by atoms with E-state index in [1.165, 1.54) is 24.6 Å². The standard InChI is InChI=1S/C29H33N3O3/c1-29(2)16-18-31(19-17-29)26-14-12-25(13-15-26)28(33)30-21-24-10-7-22(8-11-24)6-9-23-4-3-5-27(20-23)32(34)35/h3-5,7-8,10-15,20H,6,9,16-19,21H2,1-2H3,(H,30,33). The van der Waals surface area contributed by atoms with Crippen molar-refractivity contribution >= 4 is 17.3 Å². The van der Waals surface area contributed by atoms with Crippen molar-refractivity contribution in [2.75, 3.05) is 18.0 Å². The molecule has 3 aromatic carbocycles. The predicted molar refractivity (Wildman–Crippen MR) is 140 cm³/mol. The highest BCUT2D eigenvalue weighted by Gasteiger charge is 2.25. The molecule has 0 aromatic heterocycles. The Bertz CT molecular complexity index is 1160. The maximum absolute atomic E-state index is 12.6. The smallest absolute Gasteiger partial charge is 0.269 e. The lowest BCUT2D eigenvalue weighted by molar-refractivity contribution is -0.384. The van der Waals surface area contributed by atoms with E-state index in [0.29, 0.717) is 17.5 Å². The van der Waals surface area contributed by atoms with Crippen LogP contribution in [0.4, 0.5) is 11.4 Å². The van der Waals surface area contributed by atoms with Crippen molar-refractivity contribution in [2.45, 2.75) is 46.1 Å². The first-order chi connectivity index (χ1) is 16.8. The van der Waals surface area contributed by atoms with Gasteiger partial charge in [-0.15, -0.1) is 0 Å². The van der Waals surface area contributed by atoms with E-state index >= 15 is 0 Å². The first-order valence-corrected chi connectivity index (χ1v) is 12.2. The molecule has 182 valence electrons. The van der Waals surface area contributed by atoms with Crippen LogP contribution in [0.15, 0.2) is 72.8 Å². The number of hydrogen-bond donors (Lipinski definition) is 1. The molecule has 0 unspecified atom stereocenters. The van der Waals surface area contributed by atoms with Crippen molar-refractivity contribution in [3.8, 4) is 0 Å². The summed E-state index contributed by atoms with van der Waals surface area (Å²) in [6, 6.07) is 22.8. The maximum atomic E-state index is 12.6. The second-order valence-electron chi connectivity index (χ2n) is 10.1. The first-order valence-electron chi connectivity index (χ1n) is 12.2. The zero-order valence-electron chi connectivity index (χ0n) is 20.5. The largest absolute Gasteiger partial charge is 0.371 e. The Kier molecular flexibility index (Phi) is 7.49. The molecule has 6 nitrogen and oxygen atoms in total. The van der Waals surface area contributed by atoms with Crippen LogP contribution in [0.1, 0.15) is 53.7 Å². The third-order valence-electron chi connectivity index (χ3n) is 6.91. The summed E-state index contributed by atoms with van der Waals surface area (Å²) in [5.74, 6) is -0.0777. The monoisotopic (exact) mass is 471 g/mol. The Morgan fingerprint density at radius 1 is 0.914 bits per heavy atom. The first kappa shape index (κ1) is 24.5. The highest BCUT2D eigenvalue weighted by Crippen LogP contribution is 2.32. The van der Waals surface area contributed by atoms with Crippen LogP contribution in [0.3, 0.4) is 0 Å². The third kappa shape index (κ3) is 6.69. The molecule has 0 radical (unpaired) electrons. The summed E-state index contributed by atoms with van der Waals surface area (Å²) < 4.78 is 0. The quantitative estimate of drug-likeness (QED) is 0.326. The maximum Gasteiger partial charge on any atom is 0.269 e. The number of non-ortho nitro benzene ring substituents is 1. The number of nitro groups is 1. The molecule has 1 fully saturated rings. The number of carbonyl (C=O) groups excluding carboxylic acids is 1. The summed E-state index contributed by atoms with van der Waals surface area (Å²) in [4.78, 5) is 25.6. The molecule has 1 heterocycles. The average Bonchev–Trinajstić information content (AvgIpc) is 2.87. The van der Waals surface area contributed by atoms with Crippen LogP contribution in [0.5, 0.6) is 0 Å². The lowest BCUT2D eigenvalue weighted by Gasteiger charge is -2.38. The minimum Gasteiger partial charge on any atom is -0.371 e. The van der Waals surface area contributed by atoms with Crippen LogP contribution >= 0.6 is 0 Å². The van der Waals surface area contributed by atoms with Gasteiger partial charge in [-0.2, -0.15) is 0 Å². The molecule has 1 N–H and O–H groups in total. The van der Waals surface area contributed by atoms with E-state index in [9.17, 15) is 14.9 Å². The molecule has 0 atom stereocenters. The van der Waals surface area contributed by atoms with Gasteiger partial charge in [0.25, 0.3) is 11.6 Å². The van der Waals surface area contributed by atoms with Crippen molar-refractivity contribution in [3.05, 3.63) is 105 Å². The number of amides is 1. The number of rotatable bonds is 8. The van der Waals surface area contributed by atoms with Crippen molar-refractivity contribution in [2.24, 2.45) is 5.41 Å². The van der Waals surface area contributed by atoms with Crippen molar-refractivity contribution in [1.82, 2.24) is 5.32 Å². The van der Waals surface area contributed by atoms with Crippen LogP contribution < -0.4 is 10.2 Å². The molecule has 3 aromatic rings. The fourth-order valence-corrected chi connectivity index (χ4v) is 4.42. The van der Waals surface area contributed by atoms with Gasteiger partial charge in [-0.05, 0) is 72.1 Å². The van der Waals surface area contributed by atoms with Gasteiger partial charge < -0.3 is 10.2 Å². The van der Waals surface area contributed by atoms with E-state index in [-0.39, 0.29) is 16.5 Å². The minimum absolute atomic E-state index is 0.0777. The van der Waals surface area contributed by atoms with Gasteiger partial charge in [0.05, 0.1) is 4.92 Å². The van der Waals surface area contributed by atoms with Crippen molar-refractivity contribution in [3.63, 3.8) is 0 Å². The highest BCUT2D eigenvalue weighted by atomic mass is 16.6. The number of hydrogen-bond acceptors (Lipinski definition) is 4. The number of piperidine rings is 1. The molecule has 1 aliphatic heterocycles. The van der Waals surface area contributed by atoms with Gasteiger partial charge >= 0.3 is 0 Å². The van der Waals surface area contributed by atoms with Gasteiger partial charge in [-0.3, -0.25) is 14.9 Å². The molecule has 35 heavy (non-hydrogen) atoms. The van der Waals surface area contributed by atoms with E-state index in [1.807, 2.05) is 54.6 Å². The fourth-order valence-electron chi connectivity index (χ4n) is 4.42. The molecule has 0 saturated carbocycles. The zero-order chi connectivity index (χ0) is 24.8. The van der Waals surface area contributed by atoms with E-state index in [0.717, 1.165) is 42.6 Å². The number of nitrogens with zero attached hydrogens (tertiary/aromatic N) is 2. The molecule has 0 bridgehead atoms. The molecule has 1 amide bonds. The number of anilines is 1. The van der Waals surface area contributed by atoms with Crippen molar-refractivity contribution < 1.29 is 9.72 Å². The topological polar surface area (TPSA) is 75.5 Å². The number of aryl methyl sites for hydroxylation is 2. The summed E-state index contributed by atoms with van der Waals surface area (Å²) in [6.45, 7) is 7.23. The summed E-state index contributed by atoms with van der Waals surface area (Å²) in [5, 5.41) is 13.9. The van der Waals surface area contributed by atoms with Crippen LogP contribution in [0.25, 0.3) is 0 Å². The van der Waals surface area contributed by atoms with Crippen LogP contribution in [-0.4, -0.2) is 23.9 Å². The number of nitro benzene ring substituents is 1. The lowest BCUT2D eigenvalue weighted by Crippen LogP contribution is -2.37. The second-order valence-corrected chi connectivity index (χ2v) is 10.1. The van der Waals surface area contributed by atoms with Gasteiger partial charge in [0.2, 0.25) is 0 Å². The van der Waals surface area contributed by atoms with Crippen LogP contribution in [0, 0.1) is 15.5 Å². The Hall–Kier alpha value is -3.67. The van der Waals surface area contributed by atoms with E-state index in [1.54, 1.807) is 12.1 Å². The molecule has 6 heteroatoms. The minimum atomic E-state index is -0.365. The Balaban J connectivity index is 1.25. The number of nitrogens with one attached hydrogen (secondary N) is 1. The Morgan fingerprint density at radius 3 is 2.20 bits per heavy atom. The van der Waals surface area contributed by atoms with E-state index in [4.69, 9.17) is 0 Å². The summed E-state index contributed by atoms with van der Waals surface area (Å²) >= 11 is 0. The summed E-state index contributed by atoms with van der Waals surface area (Å²) in [7, 11) is 0. The average molecular weight is 472 g/mol. The SMILES string of the molecule is CC1(C)CCN(c2ccc(C(=O)NCc3ccc(CCc4cccc([N+](=O)[O-])c4)cc3)cc2)CC1. The van der Waals surface area contributed by atoms with Gasteiger partial charge in [0.15, 0.2) is 0 Å². The van der Waals surface area contributed by atoms with Crippen LogP contribution in [-0.2, 0) is 19.4 Å². The molecular formula is C29H33N3O3. The van der Waals surface area contributed by atoms with Gasteiger partial charge in [0.1, 0.15) is 0 Å². The zero-order valence-corrected chi connectivity index (χ0v) is 20.5. The molecule has 1 saturated heterocycles. The van der Waals surface area contributed by atoms with Crippen LogP contribution in [0.2, 0.25) is 0 Å². The van der Waals surface area contributed by atoms with Gasteiger partial charge in [0, 0.05) is 43.0 Å². The Morgan fingerprint density at radius 2 is 1.54 bits per heavy atom. The van der Waals surface area contributed by atoms with Crippen molar-refractivity contribution in [1.29, 1.82) is 0 Å². The molecule has 0 spiro atoms. The fraction of sp³-hybridized carbons (Fsp3) is 0.345. The lowest BCUT2D eigenvalue weighted by atomic mass is 9.82.